The monoisotopic (exact) mass is 256 g/mol. The van der Waals surface area contributed by atoms with Gasteiger partial charge in [-0.15, -0.1) is 11.3 Å². The van der Waals surface area contributed by atoms with Crippen LogP contribution in [0.15, 0.2) is 6.07 Å². The summed E-state index contributed by atoms with van der Waals surface area (Å²) in [5.74, 6) is -0.612. The lowest BCUT2D eigenvalue weighted by molar-refractivity contribution is -0.142. The van der Waals surface area contributed by atoms with E-state index >= 15 is 0 Å². The fraction of sp³-hybridized carbons (Fsp3) is 0.500. The minimum atomic E-state index is -0.337. The Morgan fingerprint density at radius 1 is 1.24 bits per heavy atom. The lowest BCUT2D eigenvalue weighted by Gasteiger charge is -2.00. The van der Waals surface area contributed by atoms with E-state index in [2.05, 4.69) is 0 Å². The van der Waals surface area contributed by atoms with Gasteiger partial charge in [0.05, 0.1) is 19.6 Å². The maximum Gasteiger partial charge on any atom is 0.348 e. The molecule has 0 aromatic carbocycles. The van der Waals surface area contributed by atoms with Crippen LogP contribution in [-0.2, 0) is 20.7 Å². The highest BCUT2D eigenvalue weighted by Crippen LogP contribution is 2.23. The van der Waals surface area contributed by atoms with E-state index in [1.165, 1.54) is 11.3 Å². The standard InChI is InChI=1S/C12H16O4S/c1-4-15-11(13)7-9-6-10(17-8(9)3)12(14)16-5-2/h6H,4-5,7H2,1-3H3. The number of thiophene rings is 1. The first kappa shape index (κ1) is 13.7. The molecule has 0 radical (unpaired) electrons. The van der Waals surface area contributed by atoms with Crippen LogP contribution in [0.2, 0.25) is 0 Å². The van der Waals surface area contributed by atoms with Gasteiger partial charge in [-0.3, -0.25) is 4.79 Å². The fourth-order valence-corrected chi connectivity index (χ4v) is 2.30. The first-order valence-electron chi connectivity index (χ1n) is 5.50. The van der Waals surface area contributed by atoms with Crippen molar-refractivity contribution in [1.29, 1.82) is 0 Å². The van der Waals surface area contributed by atoms with E-state index in [0.717, 1.165) is 10.4 Å². The van der Waals surface area contributed by atoms with Crippen LogP contribution in [-0.4, -0.2) is 25.2 Å². The normalized spacial score (nSPS) is 10.1. The van der Waals surface area contributed by atoms with Crippen LogP contribution >= 0.6 is 11.3 Å². The summed E-state index contributed by atoms with van der Waals surface area (Å²) < 4.78 is 9.77. The summed E-state index contributed by atoms with van der Waals surface area (Å²) in [4.78, 5) is 24.3. The van der Waals surface area contributed by atoms with Crippen molar-refractivity contribution in [1.82, 2.24) is 0 Å². The second-order valence-corrected chi connectivity index (χ2v) is 4.65. The van der Waals surface area contributed by atoms with E-state index in [-0.39, 0.29) is 18.4 Å². The van der Waals surface area contributed by atoms with Gasteiger partial charge >= 0.3 is 11.9 Å². The zero-order valence-electron chi connectivity index (χ0n) is 10.2. The molecule has 0 aliphatic heterocycles. The van der Waals surface area contributed by atoms with Gasteiger partial charge in [-0.05, 0) is 32.4 Å². The third-order valence-corrected chi connectivity index (χ3v) is 3.21. The first-order valence-corrected chi connectivity index (χ1v) is 6.32. The van der Waals surface area contributed by atoms with E-state index in [4.69, 9.17) is 9.47 Å². The van der Waals surface area contributed by atoms with Gasteiger partial charge in [0, 0.05) is 4.88 Å². The molecule has 1 aromatic heterocycles. The average Bonchev–Trinajstić information content (AvgIpc) is 2.61. The molecule has 17 heavy (non-hydrogen) atoms. The van der Waals surface area contributed by atoms with Crippen LogP contribution in [0.5, 0.6) is 0 Å². The highest BCUT2D eigenvalue weighted by Gasteiger charge is 2.15. The van der Waals surface area contributed by atoms with Crippen molar-refractivity contribution in [3.63, 3.8) is 0 Å². The van der Waals surface area contributed by atoms with Crippen molar-refractivity contribution in [2.45, 2.75) is 27.2 Å². The number of carbonyl (C=O) groups excluding carboxylic acids is 2. The Hall–Kier alpha value is -1.36. The molecule has 0 atom stereocenters. The number of hydrogen-bond donors (Lipinski definition) is 0. The van der Waals surface area contributed by atoms with E-state index in [1.54, 1.807) is 19.9 Å². The third kappa shape index (κ3) is 3.85. The van der Waals surface area contributed by atoms with Gasteiger partial charge in [-0.25, -0.2) is 4.79 Å². The third-order valence-electron chi connectivity index (χ3n) is 2.14. The molecule has 0 spiro atoms. The Balaban J connectivity index is 2.74. The summed E-state index contributed by atoms with van der Waals surface area (Å²) >= 11 is 1.34. The zero-order valence-corrected chi connectivity index (χ0v) is 11.1. The van der Waals surface area contributed by atoms with E-state index in [0.29, 0.717) is 18.1 Å². The number of ether oxygens (including phenoxy) is 2. The quantitative estimate of drug-likeness (QED) is 0.759. The smallest absolute Gasteiger partial charge is 0.348 e. The molecule has 0 aliphatic carbocycles. The molecule has 1 heterocycles. The summed E-state index contributed by atoms with van der Waals surface area (Å²) in [7, 11) is 0. The van der Waals surface area contributed by atoms with E-state index in [1.807, 2.05) is 6.92 Å². The van der Waals surface area contributed by atoms with Crippen molar-refractivity contribution >= 4 is 23.3 Å². The molecule has 0 saturated carbocycles. The Morgan fingerprint density at radius 2 is 1.88 bits per heavy atom. The molecule has 0 fully saturated rings. The van der Waals surface area contributed by atoms with Crippen LogP contribution < -0.4 is 0 Å². The Morgan fingerprint density at radius 3 is 2.47 bits per heavy atom. The van der Waals surface area contributed by atoms with Gasteiger partial charge in [-0.1, -0.05) is 0 Å². The lowest BCUT2D eigenvalue weighted by atomic mass is 10.2. The van der Waals surface area contributed by atoms with Crippen LogP contribution in [0.1, 0.15) is 34.0 Å². The van der Waals surface area contributed by atoms with Crippen molar-refractivity contribution in [2.24, 2.45) is 0 Å². The van der Waals surface area contributed by atoms with Crippen LogP contribution in [0.25, 0.3) is 0 Å². The van der Waals surface area contributed by atoms with E-state index in [9.17, 15) is 9.59 Å². The second kappa shape index (κ2) is 6.39. The maximum absolute atomic E-state index is 11.5. The molecule has 4 nitrogen and oxygen atoms in total. The van der Waals surface area contributed by atoms with Crippen LogP contribution in [0, 0.1) is 6.92 Å². The molecule has 0 aliphatic rings. The molecule has 0 bridgehead atoms. The largest absolute Gasteiger partial charge is 0.466 e. The van der Waals surface area contributed by atoms with Gasteiger partial charge in [-0.2, -0.15) is 0 Å². The lowest BCUT2D eigenvalue weighted by Crippen LogP contribution is -2.07. The maximum atomic E-state index is 11.5. The minimum Gasteiger partial charge on any atom is -0.466 e. The molecule has 1 aromatic rings. The number of rotatable bonds is 5. The average molecular weight is 256 g/mol. The summed E-state index contributed by atoms with van der Waals surface area (Å²) in [6.07, 6.45) is 0.204. The van der Waals surface area contributed by atoms with Crippen LogP contribution in [0.3, 0.4) is 0 Å². The van der Waals surface area contributed by atoms with Crippen molar-refractivity contribution in [3.8, 4) is 0 Å². The van der Waals surface area contributed by atoms with Crippen molar-refractivity contribution in [3.05, 3.63) is 21.4 Å². The number of hydrogen-bond acceptors (Lipinski definition) is 5. The summed E-state index contributed by atoms with van der Waals surface area (Å²) in [5, 5.41) is 0. The molecular formula is C12H16O4S. The van der Waals surface area contributed by atoms with Gasteiger partial charge in [0.15, 0.2) is 0 Å². The molecule has 5 heteroatoms. The first-order chi connectivity index (χ1) is 8.08. The molecule has 1 rings (SSSR count). The molecule has 0 unspecified atom stereocenters. The summed E-state index contributed by atoms with van der Waals surface area (Å²) in [6.45, 7) is 6.12. The Labute approximate surface area is 105 Å². The van der Waals surface area contributed by atoms with Crippen LogP contribution in [0.4, 0.5) is 0 Å². The number of carbonyl (C=O) groups is 2. The predicted molar refractivity (Wildman–Crippen MR) is 65.3 cm³/mol. The molecule has 0 saturated heterocycles. The Kier molecular flexibility index (Phi) is 5.15. The van der Waals surface area contributed by atoms with E-state index < -0.39 is 0 Å². The topological polar surface area (TPSA) is 52.6 Å². The molecule has 0 N–H and O–H groups in total. The number of aryl methyl sites for hydroxylation is 1. The molecule has 94 valence electrons. The predicted octanol–water partition coefficient (Wildman–Crippen LogP) is 2.34. The highest BCUT2D eigenvalue weighted by molar-refractivity contribution is 7.14. The zero-order chi connectivity index (χ0) is 12.8. The summed E-state index contributed by atoms with van der Waals surface area (Å²) in [5.41, 5.74) is 0.830. The fourth-order valence-electron chi connectivity index (χ4n) is 1.37. The van der Waals surface area contributed by atoms with Gasteiger partial charge in [0.2, 0.25) is 0 Å². The van der Waals surface area contributed by atoms with Crippen molar-refractivity contribution < 1.29 is 19.1 Å². The molecule has 0 amide bonds. The number of esters is 2. The molecular weight excluding hydrogens is 240 g/mol. The van der Waals surface area contributed by atoms with Crippen molar-refractivity contribution in [2.75, 3.05) is 13.2 Å². The van der Waals surface area contributed by atoms with Gasteiger partial charge in [0.1, 0.15) is 4.88 Å². The minimum absolute atomic E-state index is 0.204. The van der Waals surface area contributed by atoms with Gasteiger partial charge < -0.3 is 9.47 Å². The van der Waals surface area contributed by atoms with Gasteiger partial charge in [0.25, 0.3) is 0 Å². The highest BCUT2D eigenvalue weighted by atomic mass is 32.1. The second-order valence-electron chi connectivity index (χ2n) is 3.39. The Bertz CT molecular complexity index is 409. The SMILES string of the molecule is CCOC(=O)Cc1cc(C(=O)OCC)sc1C. The summed E-state index contributed by atoms with van der Waals surface area (Å²) in [6, 6.07) is 1.70.